The Morgan fingerprint density at radius 2 is 2.00 bits per heavy atom. The number of hydrogen-bond acceptors (Lipinski definition) is 4. The lowest BCUT2D eigenvalue weighted by molar-refractivity contribution is -0.385. The van der Waals surface area contributed by atoms with Crippen molar-refractivity contribution in [1.29, 1.82) is 0 Å². The molecule has 1 rings (SSSR count). The summed E-state index contributed by atoms with van der Waals surface area (Å²) in [7, 11) is 1.95. The Kier molecular flexibility index (Phi) is 4.81. The third-order valence-corrected chi connectivity index (χ3v) is 2.88. The molecule has 100 valence electrons. The molecule has 0 aliphatic heterocycles. The molecular formula is C13H21N3O2. The quantitative estimate of drug-likeness (QED) is 0.620. The molecule has 0 fully saturated rings. The van der Waals surface area contributed by atoms with Gasteiger partial charge in [-0.15, -0.1) is 0 Å². The first kappa shape index (κ1) is 14.6. The second kappa shape index (κ2) is 5.93. The smallest absolute Gasteiger partial charge is 0.273 e. The maximum absolute atomic E-state index is 10.9. The van der Waals surface area contributed by atoms with E-state index in [9.17, 15) is 10.1 Å². The maximum Gasteiger partial charge on any atom is 0.273 e. The van der Waals surface area contributed by atoms with E-state index in [0.717, 1.165) is 12.1 Å². The molecule has 0 bridgehead atoms. The average molecular weight is 251 g/mol. The minimum atomic E-state index is -0.336. The monoisotopic (exact) mass is 251 g/mol. The molecule has 2 N–H and O–H groups in total. The van der Waals surface area contributed by atoms with Gasteiger partial charge in [-0.2, -0.15) is 0 Å². The van der Waals surface area contributed by atoms with Crippen LogP contribution in [0.25, 0.3) is 0 Å². The highest BCUT2D eigenvalue weighted by atomic mass is 16.6. The Morgan fingerprint density at radius 3 is 2.56 bits per heavy atom. The standard InChI is InChI=1S/C13H21N3O2/c1-13(2,9-14)10-15(3)8-11-6-4-5-7-12(11)16(17)18/h4-7H,8-10,14H2,1-3H3. The number of nitrogens with two attached hydrogens (primary N) is 1. The Labute approximate surface area is 108 Å². The Hall–Kier alpha value is -1.46. The molecule has 0 saturated carbocycles. The molecule has 5 nitrogen and oxygen atoms in total. The molecule has 0 unspecified atom stereocenters. The molecule has 1 aromatic carbocycles. The van der Waals surface area contributed by atoms with Crippen molar-refractivity contribution in [1.82, 2.24) is 4.90 Å². The van der Waals surface area contributed by atoms with Gasteiger partial charge in [0.1, 0.15) is 0 Å². The van der Waals surface area contributed by atoms with E-state index in [-0.39, 0.29) is 16.0 Å². The molecule has 0 radical (unpaired) electrons. The zero-order valence-corrected chi connectivity index (χ0v) is 11.2. The first-order chi connectivity index (χ1) is 8.35. The van der Waals surface area contributed by atoms with Crippen LogP contribution in [0.1, 0.15) is 19.4 Å². The summed E-state index contributed by atoms with van der Waals surface area (Å²) in [5, 5.41) is 10.9. The first-order valence-electron chi connectivity index (χ1n) is 5.96. The van der Waals surface area contributed by atoms with E-state index >= 15 is 0 Å². The van der Waals surface area contributed by atoms with E-state index in [4.69, 9.17) is 5.73 Å². The molecule has 0 aromatic heterocycles. The molecule has 1 aromatic rings. The molecule has 0 amide bonds. The van der Waals surface area contributed by atoms with E-state index in [2.05, 4.69) is 18.7 Å². The van der Waals surface area contributed by atoms with Crippen LogP contribution in [0.4, 0.5) is 5.69 Å². The SMILES string of the molecule is CN(Cc1ccccc1[N+](=O)[O-])CC(C)(C)CN. The Bertz CT molecular complexity index is 418. The normalized spacial score (nSPS) is 11.8. The van der Waals surface area contributed by atoms with E-state index in [1.54, 1.807) is 12.1 Å². The largest absolute Gasteiger partial charge is 0.330 e. The highest BCUT2D eigenvalue weighted by Crippen LogP contribution is 2.21. The summed E-state index contributed by atoms with van der Waals surface area (Å²) in [5.41, 5.74) is 6.61. The van der Waals surface area contributed by atoms with Gasteiger partial charge in [0.15, 0.2) is 0 Å². The molecular weight excluding hydrogens is 230 g/mol. The maximum atomic E-state index is 10.9. The van der Waals surface area contributed by atoms with Crippen LogP contribution in [-0.4, -0.2) is 30.0 Å². The lowest BCUT2D eigenvalue weighted by Crippen LogP contribution is -2.36. The molecule has 0 heterocycles. The third-order valence-electron chi connectivity index (χ3n) is 2.88. The van der Waals surface area contributed by atoms with Gasteiger partial charge in [-0.1, -0.05) is 32.0 Å². The highest BCUT2D eigenvalue weighted by Gasteiger charge is 2.20. The third kappa shape index (κ3) is 4.09. The van der Waals surface area contributed by atoms with Crippen LogP contribution >= 0.6 is 0 Å². The summed E-state index contributed by atoms with van der Waals surface area (Å²) >= 11 is 0. The summed E-state index contributed by atoms with van der Waals surface area (Å²) < 4.78 is 0. The zero-order valence-electron chi connectivity index (χ0n) is 11.2. The van der Waals surface area contributed by atoms with Crippen LogP contribution in [0.3, 0.4) is 0 Å². The zero-order chi connectivity index (χ0) is 13.8. The number of nitrogens with zero attached hydrogens (tertiary/aromatic N) is 2. The van der Waals surface area contributed by atoms with Gasteiger partial charge in [0.2, 0.25) is 0 Å². The van der Waals surface area contributed by atoms with Crippen LogP contribution in [-0.2, 0) is 6.54 Å². The van der Waals surface area contributed by atoms with E-state index < -0.39 is 0 Å². The van der Waals surface area contributed by atoms with Gasteiger partial charge in [-0.3, -0.25) is 10.1 Å². The molecule has 5 heteroatoms. The lowest BCUT2D eigenvalue weighted by atomic mass is 9.93. The number of hydrogen-bond donors (Lipinski definition) is 1. The number of benzene rings is 1. The first-order valence-corrected chi connectivity index (χ1v) is 5.96. The second-order valence-electron chi connectivity index (χ2n) is 5.43. The summed E-state index contributed by atoms with van der Waals surface area (Å²) in [6, 6.07) is 6.84. The van der Waals surface area contributed by atoms with Crippen LogP contribution in [0.15, 0.2) is 24.3 Å². The van der Waals surface area contributed by atoms with Gasteiger partial charge in [0.25, 0.3) is 5.69 Å². The molecule has 0 aliphatic rings. The van der Waals surface area contributed by atoms with Gasteiger partial charge < -0.3 is 10.6 Å². The van der Waals surface area contributed by atoms with Crippen molar-refractivity contribution in [3.63, 3.8) is 0 Å². The second-order valence-corrected chi connectivity index (χ2v) is 5.43. The molecule has 0 saturated heterocycles. The Morgan fingerprint density at radius 1 is 1.39 bits per heavy atom. The predicted molar refractivity (Wildman–Crippen MR) is 72.3 cm³/mol. The van der Waals surface area contributed by atoms with Crippen molar-refractivity contribution in [2.24, 2.45) is 11.1 Å². The number of rotatable bonds is 6. The van der Waals surface area contributed by atoms with Gasteiger partial charge in [-0.25, -0.2) is 0 Å². The van der Waals surface area contributed by atoms with Crippen molar-refractivity contribution in [3.05, 3.63) is 39.9 Å². The van der Waals surface area contributed by atoms with Gasteiger partial charge in [0, 0.05) is 24.7 Å². The lowest BCUT2D eigenvalue weighted by Gasteiger charge is -2.28. The van der Waals surface area contributed by atoms with Crippen molar-refractivity contribution >= 4 is 5.69 Å². The van der Waals surface area contributed by atoms with Crippen molar-refractivity contribution in [2.45, 2.75) is 20.4 Å². The van der Waals surface area contributed by atoms with E-state index in [1.165, 1.54) is 6.07 Å². The highest BCUT2D eigenvalue weighted by molar-refractivity contribution is 5.39. The van der Waals surface area contributed by atoms with E-state index in [1.807, 2.05) is 13.1 Å². The summed E-state index contributed by atoms with van der Waals surface area (Å²) in [5.74, 6) is 0. The van der Waals surface area contributed by atoms with Gasteiger partial charge >= 0.3 is 0 Å². The number of nitro groups is 1. The van der Waals surface area contributed by atoms with Crippen molar-refractivity contribution < 1.29 is 4.92 Å². The summed E-state index contributed by atoms with van der Waals surface area (Å²) in [4.78, 5) is 12.6. The van der Waals surface area contributed by atoms with Gasteiger partial charge in [0.05, 0.1) is 4.92 Å². The number of para-hydroxylation sites is 1. The fourth-order valence-corrected chi connectivity index (χ4v) is 1.96. The topological polar surface area (TPSA) is 72.4 Å². The molecule has 0 spiro atoms. The van der Waals surface area contributed by atoms with Crippen molar-refractivity contribution in [2.75, 3.05) is 20.1 Å². The van der Waals surface area contributed by atoms with Crippen LogP contribution < -0.4 is 5.73 Å². The van der Waals surface area contributed by atoms with Crippen LogP contribution in [0.2, 0.25) is 0 Å². The van der Waals surface area contributed by atoms with Crippen molar-refractivity contribution in [3.8, 4) is 0 Å². The Balaban J connectivity index is 2.76. The van der Waals surface area contributed by atoms with Gasteiger partial charge in [-0.05, 0) is 19.0 Å². The average Bonchev–Trinajstić information content (AvgIpc) is 2.28. The number of nitro benzene ring substituents is 1. The predicted octanol–water partition coefficient (Wildman–Crippen LogP) is 2.01. The fraction of sp³-hybridized carbons (Fsp3) is 0.538. The van der Waals surface area contributed by atoms with E-state index in [0.29, 0.717) is 13.1 Å². The minimum absolute atomic E-state index is 0.0122. The molecule has 0 atom stereocenters. The fourth-order valence-electron chi connectivity index (χ4n) is 1.96. The van der Waals surface area contributed by atoms with Crippen LogP contribution in [0, 0.1) is 15.5 Å². The molecule has 0 aliphatic carbocycles. The molecule has 18 heavy (non-hydrogen) atoms. The van der Waals surface area contributed by atoms with Crippen LogP contribution in [0.5, 0.6) is 0 Å². The summed E-state index contributed by atoms with van der Waals surface area (Å²) in [6.45, 7) is 6.12. The summed E-state index contributed by atoms with van der Waals surface area (Å²) in [6.07, 6.45) is 0. The minimum Gasteiger partial charge on any atom is -0.330 e.